The Morgan fingerprint density at radius 3 is 2.77 bits per heavy atom. The quantitative estimate of drug-likeness (QED) is 0.600. The summed E-state index contributed by atoms with van der Waals surface area (Å²) >= 11 is 0. The molecule has 0 spiro atoms. The maximum absolute atomic E-state index is 4.75. The molecule has 0 saturated heterocycles. The number of hydrogen-bond donors (Lipinski definition) is 1. The number of pyridine rings is 2. The molecule has 0 aliphatic heterocycles. The molecule has 3 aromatic heterocycles. The zero-order valence-electron chi connectivity index (χ0n) is 13.9. The van der Waals surface area contributed by atoms with E-state index in [2.05, 4.69) is 50.6 Å². The van der Waals surface area contributed by atoms with Gasteiger partial charge < -0.3 is 5.32 Å². The monoisotopic (exact) mass is 337 g/mol. The van der Waals surface area contributed by atoms with E-state index in [1.165, 1.54) is 11.1 Å². The van der Waals surface area contributed by atoms with Gasteiger partial charge in [-0.2, -0.15) is 0 Å². The second-order valence-electron chi connectivity index (χ2n) is 6.15. The Labute approximate surface area is 150 Å². The molecular formula is C21H15N5. The second kappa shape index (κ2) is 6.04. The summed E-state index contributed by atoms with van der Waals surface area (Å²) in [5, 5.41) is 4.34. The highest BCUT2D eigenvalue weighted by atomic mass is 15.1. The van der Waals surface area contributed by atoms with E-state index in [4.69, 9.17) is 4.98 Å². The molecule has 0 fully saturated rings. The Morgan fingerprint density at radius 1 is 0.923 bits per heavy atom. The molecule has 124 valence electrons. The highest BCUT2D eigenvalue weighted by molar-refractivity contribution is 5.90. The van der Waals surface area contributed by atoms with Gasteiger partial charge in [0.2, 0.25) is 0 Å². The van der Waals surface area contributed by atoms with Crippen LogP contribution in [0.15, 0.2) is 67.1 Å². The summed E-state index contributed by atoms with van der Waals surface area (Å²) in [6.45, 7) is 0. The predicted molar refractivity (Wildman–Crippen MR) is 103 cm³/mol. The molecular weight excluding hydrogens is 322 g/mol. The molecule has 0 unspecified atom stereocenters. The summed E-state index contributed by atoms with van der Waals surface area (Å²) in [5.74, 6) is 1.37. The van der Waals surface area contributed by atoms with Gasteiger partial charge >= 0.3 is 0 Å². The third-order valence-electron chi connectivity index (χ3n) is 4.45. The predicted octanol–water partition coefficient (Wildman–Crippen LogP) is 4.40. The molecule has 1 aromatic carbocycles. The standard InChI is InChI=1S/C21H15N5/c1-3-14-6-7-17(13-16(14)4-1)24-21-18-5-2-10-23-20(18)25-19(26-21)15-8-11-22-12-9-15/h1-2,4-13H,3H2,(H,23,24,25,26). The Hall–Kier alpha value is -3.60. The molecule has 1 aliphatic carbocycles. The van der Waals surface area contributed by atoms with Crippen LogP contribution in [0.3, 0.4) is 0 Å². The number of fused-ring (bicyclic) bond motifs is 2. The molecule has 5 heteroatoms. The van der Waals surface area contributed by atoms with Gasteiger partial charge in [0.1, 0.15) is 5.82 Å². The average molecular weight is 337 g/mol. The van der Waals surface area contributed by atoms with Crippen LogP contribution in [0.4, 0.5) is 11.5 Å². The molecule has 0 atom stereocenters. The number of allylic oxidation sites excluding steroid dienone is 1. The molecule has 1 N–H and O–H groups in total. The van der Waals surface area contributed by atoms with E-state index in [9.17, 15) is 0 Å². The largest absolute Gasteiger partial charge is 0.340 e. The topological polar surface area (TPSA) is 63.6 Å². The number of nitrogens with zero attached hydrogens (tertiary/aromatic N) is 4. The van der Waals surface area contributed by atoms with Crippen molar-refractivity contribution in [2.45, 2.75) is 6.42 Å². The molecule has 1 aliphatic rings. The molecule has 5 nitrogen and oxygen atoms in total. The minimum Gasteiger partial charge on any atom is -0.340 e. The second-order valence-corrected chi connectivity index (χ2v) is 6.15. The van der Waals surface area contributed by atoms with Gasteiger partial charge in [-0.05, 0) is 53.9 Å². The summed E-state index contributed by atoms with van der Waals surface area (Å²) in [6, 6.07) is 14.1. The Morgan fingerprint density at radius 2 is 1.85 bits per heavy atom. The van der Waals surface area contributed by atoms with E-state index in [1.54, 1.807) is 18.6 Å². The van der Waals surface area contributed by atoms with Crippen molar-refractivity contribution < 1.29 is 0 Å². The SMILES string of the molecule is C1=Cc2cc(Nc3nc(-c4ccncc4)nc4ncccc34)ccc2C1. The first-order valence-electron chi connectivity index (χ1n) is 8.46. The van der Waals surface area contributed by atoms with Crippen LogP contribution in [0, 0.1) is 0 Å². The highest BCUT2D eigenvalue weighted by Crippen LogP contribution is 2.28. The molecule has 26 heavy (non-hydrogen) atoms. The van der Waals surface area contributed by atoms with Gasteiger partial charge in [0.15, 0.2) is 11.5 Å². The molecule has 0 radical (unpaired) electrons. The van der Waals surface area contributed by atoms with Crippen molar-refractivity contribution in [2.24, 2.45) is 0 Å². The van der Waals surface area contributed by atoms with Crippen LogP contribution in [0.2, 0.25) is 0 Å². The summed E-state index contributed by atoms with van der Waals surface area (Å²) in [7, 11) is 0. The lowest BCUT2D eigenvalue weighted by molar-refractivity contribution is 1.18. The Kier molecular flexibility index (Phi) is 3.42. The third kappa shape index (κ3) is 2.59. The van der Waals surface area contributed by atoms with Crippen molar-refractivity contribution >= 4 is 28.6 Å². The van der Waals surface area contributed by atoms with Crippen LogP contribution in [0.1, 0.15) is 11.1 Å². The van der Waals surface area contributed by atoms with Gasteiger partial charge in [-0.25, -0.2) is 15.0 Å². The fraction of sp³-hybridized carbons (Fsp3) is 0.0476. The number of anilines is 2. The van der Waals surface area contributed by atoms with Gasteiger partial charge in [-0.1, -0.05) is 18.2 Å². The van der Waals surface area contributed by atoms with E-state index in [-0.39, 0.29) is 0 Å². The molecule has 3 heterocycles. The maximum Gasteiger partial charge on any atom is 0.165 e. The summed E-state index contributed by atoms with van der Waals surface area (Å²) in [6.07, 6.45) is 10.6. The van der Waals surface area contributed by atoms with Crippen molar-refractivity contribution in [3.05, 3.63) is 78.3 Å². The molecule has 4 aromatic rings. The maximum atomic E-state index is 4.75. The molecule has 0 bridgehead atoms. The van der Waals surface area contributed by atoms with E-state index in [0.29, 0.717) is 11.5 Å². The van der Waals surface area contributed by atoms with Crippen LogP contribution in [0.25, 0.3) is 28.5 Å². The first kappa shape index (κ1) is 14.7. The van der Waals surface area contributed by atoms with Crippen molar-refractivity contribution in [1.29, 1.82) is 0 Å². The third-order valence-corrected chi connectivity index (χ3v) is 4.45. The normalized spacial score (nSPS) is 12.3. The van der Waals surface area contributed by atoms with Crippen molar-refractivity contribution in [2.75, 3.05) is 5.32 Å². The lowest BCUT2D eigenvalue weighted by Gasteiger charge is -2.11. The van der Waals surface area contributed by atoms with Gasteiger partial charge in [-0.15, -0.1) is 0 Å². The Balaban J connectivity index is 1.63. The minimum atomic E-state index is 0.627. The van der Waals surface area contributed by atoms with Crippen LogP contribution >= 0.6 is 0 Å². The first-order valence-corrected chi connectivity index (χ1v) is 8.46. The van der Waals surface area contributed by atoms with E-state index in [1.807, 2.05) is 24.3 Å². The van der Waals surface area contributed by atoms with Gasteiger partial charge in [-0.3, -0.25) is 4.98 Å². The first-order chi connectivity index (χ1) is 12.9. The number of nitrogens with one attached hydrogen (secondary N) is 1. The number of rotatable bonds is 3. The van der Waals surface area contributed by atoms with Crippen molar-refractivity contribution in [3.63, 3.8) is 0 Å². The average Bonchev–Trinajstić information content (AvgIpc) is 3.16. The smallest absolute Gasteiger partial charge is 0.165 e. The van der Waals surface area contributed by atoms with Crippen LogP contribution < -0.4 is 5.32 Å². The number of benzene rings is 1. The van der Waals surface area contributed by atoms with Crippen molar-refractivity contribution in [3.8, 4) is 11.4 Å². The summed E-state index contributed by atoms with van der Waals surface area (Å²) < 4.78 is 0. The zero-order valence-corrected chi connectivity index (χ0v) is 13.9. The molecule has 5 rings (SSSR count). The Bertz CT molecular complexity index is 1140. The molecule has 0 amide bonds. The summed E-state index contributed by atoms with van der Waals surface area (Å²) in [5.41, 5.74) is 5.17. The summed E-state index contributed by atoms with van der Waals surface area (Å²) in [4.78, 5) is 17.8. The fourth-order valence-electron chi connectivity index (χ4n) is 3.15. The van der Waals surface area contributed by atoms with E-state index in [0.717, 1.165) is 28.9 Å². The lowest BCUT2D eigenvalue weighted by Crippen LogP contribution is -2.00. The zero-order chi connectivity index (χ0) is 17.3. The van der Waals surface area contributed by atoms with Crippen molar-refractivity contribution in [1.82, 2.24) is 19.9 Å². The minimum absolute atomic E-state index is 0.627. The van der Waals surface area contributed by atoms with Crippen LogP contribution in [0.5, 0.6) is 0 Å². The van der Waals surface area contributed by atoms with E-state index < -0.39 is 0 Å². The van der Waals surface area contributed by atoms with Gasteiger partial charge in [0.05, 0.1) is 5.39 Å². The fourth-order valence-corrected chi connectivity index (χ4v) is 3.15. The van der Waals surface area contributed by atoms with E-state index >= 15 is 0 Å². The van der Waals surface area contributed by atoms with Gasteiger partial charge in [0, 0.05) is 29.8 Å². The number of hydrogen-bond acceptors (Lipinski definition) is 5. The van der Waals surface area contributed by atoms with Gasteiger partial charge in [0.25, 0.3) is 0 Å². The number of aromatic nitrogens is 4. The van der Waals surface area contributed by atoms with Crippen LogP contribution in [-0.2, 0) is 6.42 Å². The lowest BCUT2D eigenvalue weighted by atomic mass is 10.1. The van der Waals surface area contributed by atoms with Crippen LogP contribution in [-0.4, -0.2) is 19.9 Å². The molecule has 0 saturated carbocycles. The highest BCUT2D eigenvalue weighted by Gasteiger charge is 2.12.